The monoisotopic (exact) mass is 361 g/mol. The van der Waals surface area contributed by atoms with Crippen LogP contribution in [0.4, 0.5) is 0 Å². The van der Waals surface area contributed by atoms with E-state index in [1.54, 1.807) is 36.5 Å². The Morgan fingerprint density at radius 1 is 1.19 bits per heavy atom. The predicted molar refractivity (Wildman–Crippen MR) is 85.9 cm³/mol. The fourth-order valence-corrected chi connectivity index (χ4v) is 2.79. The van der Waals surface area contributed by atoms with Crippen molar-refractivity contribution in [3.8, 4) is 0 Å². The second kappa shape index (κ2) is 7.31. The first kappa shape index (κ1) is 16.4. The molecule has 0 aliphatic heterocycles. The van der Waals surface area contributed by atoms with E-state index in [4.69, 9.17) is 34.8 Å². The third-order valence-electron chi connectivity index (χ3n) is 2.39. The number of aromatic nitrogens is 2. The van der Waals surface area contributed by atoms with Crippen molar-refractivity contribution in [2.24, 2.45) is 0 Å². The quantitative estimate of drug-likeness (QED) is 0.390. The van der Waals surface area contributed by atoms with Crippen LogP contribution in [-0.2, 0) is 0 Å². The first-order valence-corrected chi connectivity index (χ1v) is 7.83. The van der Waals surface area contributed by atoms with Crippen LogP contribution in [0.3, 0.4) is 0 Å². The van der Waals surface area contributed by atoms with Crippen LogP contribution in [0.5, 0.6) is 0 Å². The van der Waals surface area contributed by atoms with Crippen LogP contribution in [0.25, 0.3) is 0 Å². The lowest BCUT2D eigenvalue weighted by molar-refractivity contribution is 0.0950. The molecular weight excluding hydrogens is 353 g/mol. The maximum atomic E-state index is 12.2. The molecule has 1 aromatic heterocycles. The second-order valence-corrected chi connectivity index (χ2v) is 7.42. The number of halogens is 3. The molecule has 1 heterocycles. The van der Waals surface area contributed by atoms with Crippen LogP contribution in [-0.4, -0.2) is 25.0 Å². The average Bonchev–Trinajstić information content (AvgIpc) is 2.47. The molecule has 0 aliphatic rings. The van der Waals surface area contributed by atoms with Gasteiger partial charge in [0.15, 0.2) is 0 Å². The van der Waals surface area contributed by atoms with Gasteiger partial charge in [0.1, 0.15) is 16.7 Å². The fourth-order valence-electron chi connectivity index (χ4n) is 1.44. The smallest absolute Gasteiger partial charge is 0.252 e. The number of thioether (sulfide) groups is 1. The number of carbonyl (C=O) groups is 1. The predicted octanol–water partition coefficient (Wildman–Crippen LogP) is 3.70. The third kappa shape index (κ3) is 5.04. The number of amides is 1. The van der Waals surface area contributed by atoms with E-state index in [0.29, 0.717) is 10.6 Å². The van der Waals surface area contributed by atoms with Crippen molar-refractivity contribution < 1.29 is 4.79 Å². The van der Waals surface area contributed by atoms with E-state index in [1.165, 1.54) is 6.33 Å². The molecule has 2 rings (SSSR count). The van der Waals surface area contributed by atoms with Gasteiger partial charge < -0.3 is 5.32 Å². The zero-order chi connectivity index (χ0) is 15.3. The number of nitrogens with one attached hydrogen (secondary N) is 1. The lowest BCUT2D eigenvalue weighted by Gasteiger charge is -2.24. The Hall–Kier alpha value is -1.01. The van der Waals surface area contributed by atoms with Crippen LogP contribution in [0.1, 0.15) is 10.4 Å². The topological polar surface area (TPSA) is 54.9 Å². The summed E-state index contributed by atoms with van der Waals surface area (Å²) >= 11 is 18.9. The first-order valence-electron chi connectivity index (χ1n) is 5.82. The molecule has 21 heavy (non-hydrogen) atoms. The van der Waals surface area contributed by atoms with Crippen molar-refractivity contribution in [3.63, 3.8) is 0 Å². The van der Waals surface area contributed by atoms with Crippen LogP contribution in [0.15, 0.2) is 53.9 Å². The van der Waals surface area contributed by atoms with E-state index >= 15 is 0 Å². The molecule has 4 nitrogen and oxygen atoms in total. The Morgan fingerprint density at radius 2 is 1.90 bits per heavy atom. The molecule has 2 aromatic rings. The van der Waals surface area contributed by atoms with E-state index in [1.807, 2.05) is 6.07 Å². The van der Waals surface area contributed by atoms with E-state index in [9.17, 15) is 4.79 Å². The summed E-state index contributed by atoms with van der Waals surface area (Å²) in [5.41, 5.74) is 0.486. The molecule has 1 aromatic carbocycles. The largest absolute Gasteiger partial charge is 0.336 e. The van der Waals surface area contributed by atoms with Crippen molar-refractivity contribution in [2.75, 3.05) is 0 Å². The minimum Gasteiger partial charge on any atom is -0.336 e. The summed E-state index contributed by atoms with van der Waals surface area (Å²) in [6.07, 6.45) is 2.96. The number of hydrogen-bond donors (Lipinski definition) is 1. The van der Waals surface area contributed by atoms with E-state index in [0.717, 1.165) is 11.8 Å². The van der Waals surface area contributed by atoms with Gasteiger partial charge in [-0.15, -0.1) is 0 Å². The van der Waals surface area contributed by atoms with E-state index < -0.39 is 9.17 Å². The summed E-state index contributed by atoms with van der Waals surface area (Å²) in [6.45, 7) is 0. The SMILES string of the molecule is O=C(N[C@H](Sc1ccncn1)C(Cl)(Cl)Cl)c1ccccc1. The van der Waals surface area contributed by atoms with Gasteiger partial charge in [0.05, 0.1) is 0 Å². The Morgan fingerprint density at radius 3 is 2.48 bits per heavy atom. The molecule has 0 fully saturated rings. The van der Waals surface area contributed by atoms with Crippen molar-refractivity contribution in [2.45, 2.75) is 14.2 Å². The van der Waals surface area contributed by atoms with Crippen LogP contribution in [0.2, 0.25) is 0 Å². The number of carbonyl (C=O) groups excluding carboxylic acids is 1. The van der Waals surface area contributed by atoms with Gasteiger partial charge in [-0.25, -0.2) is 9.97 Å². The van der Waals surface area contributed by atoms with Gasteiger partial charge in [0, 0.05) is 11.8 Å². The molecule has 8 heteroatoms. The van der Waals surface area contributed by atoms with Gasteiger partial charge in [-0.1, -0.05) is 64.8 Å². The molecule has 1 N–H and O–H groups in total. The second-order valence-electron chi connectivity index (χ2n) is 3.93. The Labute approximate surface area is 141 Å². The zero-order valence-corrected chi connectivity index (χ0v) is 13.6. The number of nitrogens with zero attached hydrogens (tertiary/aromatic N) is 2. The number of rotatable bonds is 4. The maximum absolute atomic E-state index is 12.2. The lowest BCUT2D eigenvalue weighted by Crippen LogP contribution is -2.41. The molecule has 1 atom stereocenters. The summed E-state index contributed by atoms with van der Waals surface area (Å²) < 4.78 is -1.68. The highest BCUT2D eigenvalue weighted by molar-refractivity contribution is 8.00. The summed E-state index contributed by atoms with van der Waals surface area (Å²) in [4.78, 5) is 20.0. The maximum Gasteiger partial charge on any atom is 0.252 e. The number of hydrogen-bond acceptors (Lipinski definition) is 4. The van der Waals surface area contributed by atoms with Gasteiger partial charge >= 0.3 is 0 Å². The van der Waals surface area contributed by atoms with Gasteiger partial charge in [0.25, 0.3) is 5.91 Å². The third-order valence-corrected chi connectivity index (χ3v) is 4.62. The summed E-state index contributed by atoms with van der Waals surface area (Å²) in [5.74, 6) is -0.325. The number of alkyl halides is 3. The van der Waals surface area contributed by atoms with Crippen LogP contribution >= 0.6 is 46.6 Å². The van der Waals surface area contributed by atoms with Gasteiger partial charge in [-0.2, -0.15) is 0 Å². The van der Waals surface area contributed by atoms with Crippen LogP contribution < -0.4 is 5.32 Å². The minimum absolute atomic E-state index is 0.325. The first-order chi connectivity index (χ1) is 9.97. The van der Waals surface area contributed by atoms with E-state index in [2.05, 4.69) is 15.3 Å². The van der Waals surface area contributed by atoms with E-state index in [-0.39, 0.29) is 5.91 Å². The molecule has 0 saturated carbocycles. The average molecular weight is 363 g/mol. The van der Waals surface area contributed by atoms with Crippen molar-refractivity contribution in [3.05, 3.63) is 54.5 Å². The molecular formula is C13H10Cl3N3OS. The molecule has 0 saturated heterocycles. The van der Waals surface area contributed by atoms with Crippen LogP contribution in [0, 0.1) is 0 Å². The molecule has 110 valence electrons. The number of benzene rings is 1. The van der Waals surface area contributed by atoms with Crippen molar-refractivity contribution >= 4 is 52.5 Å². The van der Waals surface area contributed by atoms with Gasteiger partial charge in [-0.3, -0.25) is 4.79 Å². The summed E-state index contributed by atoms with van der Waals surface area (Å²) in [5, 5.41) is 2.49. The zero-order valence-electron chi connectivity index (χ0n) is 10.5. The summed E-state index contributed by atoms with van der Waals surface area (Å²) in [6, 6.07) is 10.4. The van der Waals surface area contributed by atoms with Crippen molar-refractivity contribution in [1.29, 1.82) is 0 Å². The Balaban J connectivity index is 2.12. The highest BCUT2D eigenvalue weighted by atomic mass is 35.6. The standard InChI is InChI=1S/C13H10Cl3N3OS/c14-13(15,16)12(21-10-6-7-17-8-18-10)19-11(20)9-4-2-1-3-5-9/h1-8,12H,(H,19,20)/t12-/m1/s1. The minimum atomic E-state index is -1.68. The molecule has 0 unspecified atom stereocenters. The highest BCUT2D eigenvalue weighted by Gasteiger charge is 2.35. The Kier molecular flexibility index (Phi) is 5.70. The lowest BCUT2D eigenvalue weighted by atomic mass is 10.2. The van der Waals surface area contributed by atoms with Crippen molar-refractivity contribution in [1.82, 2.24) is 15.3 Å². The fraction of sp³-hybridized carbons (Fsp3) is 0.154. The van der Waals surface area contributed by atoms with Gasteiger partial charge in [0.2, 0.25) is 3.79 Å². The molecule has 1 amide bonds. The Bertz CT molecular complexity index is 593. The normalized spacial score (nSPS) is 12.7. The summed E-state index contributed by atoms with van der Waals surface area (Å²) in [7, 11) is 0. The highest BCUT2D eigenvalue weighted by Crippen LogP contribution is 2.38. The molecule has 0 radical (unpaired) electrons. The van der Waals surface area contributed by atoms with Gasteiger partial charge in [-0.05, 0) is 18.2 Å². The molecule has 0 spiro atoms. The molecule has 0 aliphatic carbocycles. The molecule has 0 bridgehead atoms.